The summed E-state index contributed by atoms with van der Waals surface area (Å²) in [7, 11) is 1.79. The third kappa shape index (κ3) is 2.03. The number of aromatic nitrogens is 2. The van der Waals surface area contributed by atoms with Gasteiger partial charge in [0.1, 0.15) is 6.10 Å². The maximum atomic E-state index is 10.1. The molecular formula is C11H12ClN3O. The summed E-state index contributed by atoms with van der Waals surface area (Å²) in [4.78, 5) is 0. The van der Waals surface area contributed by atoms with E-state index in [1.54, 1.807) is 42.3 Å². The average molecular weight is 238 g/mol. The van der Waals surface area contributed by atoms with E-state index < -0.39 is 6.10 Å². The Balaban J connectivity index is 2.37. The molecule has 1 atom stereocenters. The first-order valence-electron chi connectivity index (χ1n) is 4.79. The average Bonchev–Trinajstić information content (AvgIpc) is 2.64. The summed E-state index contributed by atoms with van der Waals surface area (Å²) in [6, 6.07) is 5.04. The van der Waals surface area contributed by atoms with Crippen LogP contribution in [0.3, 0.4) is 0 Å². The van der Waals surface area contributed by atoms with Crippen LogP contribution in [-0.4, -0.2) is 14.9 Å². The van der Waals surface area contributed by atoms with Crippen molar-refractivity contribution in [2.75, 3.05) is 5.73 Å². The van der Waals surface area contributed by atoms with Crippen LogP contribution in [0.1, 0.15) is 17.2 Å². The highest BCUT2D eigenvalue weighted by atomic mass is 35.5. The van der Waals surface area contributed by atoms with Gasteiger partial charge in [0.25, 0.3) is 0 Å². The summed E-state index contributed by atoms with van der Waals surface area (Å²) in [5.41, 5.74) is 7.61. The van der Waals surface area contributed by atoms with Crippen LogP contribution in [0.15, 0.2) is 30.6 Å². The molecule has 0 aliphatic heterocycles. The number of rotatable bonds is 2. The zero-order chi connectivity index (χ0) is 11.7. The lowest BCUT2D eigenvalue weighted by Crippen LogP contribution is -2.02. The molecule has 16 heavy (non-hydrogen) atoms. The lowest BCUT2D eigenvalue weighted by molar-refractivity contribution is 0.221. The van der Waals surface area contributed by atoms with E-state index in [-0.39, 0.29) is 0 Å². The van der Waals surface area contributed by atoms with Crippen LogP contribution in [0.2, 0.25) is 5.02 Å². The second-order valence-electron chi connectivity index (χ2n) is 3.62. The van der Waals surface area contributed by atoms with Crippen LogP contribution in [0.5, 0.6) is 0 Å². The predicted molar refractivity (Wildman–Crippen MR) is 63.1 cm³/mol. The molecule has 0 aliphatic carbocycles. The van der Waals surface area contributed by atoms with Gasteiger partial charge in [-0.25, -0.2) is 0 Å². The third-order valence-electron chi connectivity index (χ3n) is 2.38. The quantitative estimate of drug-likeness (QED) is 0.782. The van der Waals surface area contributed by atoms with E-state index >= 15 is 0 Å². The highest BCUT2D eigenvalue weighted by Gasteiger charge is 2.14. The van der Waals surface area contributed by atoms with E-state index in [9.17, 15) is 5.11 Å². The van der Waals surface area contributed by atoms with E-state index in [0.29, 0.717) is 21.8 Å². The Bertz CT molecular complexity index is 510. The van der Waals surface area contributed by atoms with Gasteiger partial charge < -0.3 is 10.8 Å². The fraction of sp³-hybridized carbons (Fsp3) is 0.182. The van der Waals surface area contributed by atoms with Gasteiger partial charge in [0.05, 0.1) is 6.20 Å². The Labute approximate surface area is 98.3 Å². The second kappa shape index (κ2) is 4.15. The van der Waals surface area contributed by atoms with E-state index in [1.807, 2.05) is 0 Å². The number of nitrogens with two attached hydrogens (primary N) is 1. The maximum Gasteiger partial charge on any atom is 0.109 e. The van der Waals surface area contributed by atoms with Gasteiger partial charge in [-0.1, -0.05) is 17.7 Å². The number of anilines is 1. The normalized spacial score (nSPS) is 12.7. The number of aliphatic hydroxyl groups is 1. The molecule has 4 nitrogen and oxygen atoms in total. The van der Waals surface area contributed by atoms with E-state index in [2.05, 4.69) is 5.10 Å². The monoisotopic (exact) mass is 237 g/mol. The van der Waals surface area contributed by atoms with E-state index in [4.69, 9.17) is 17.3 Å². The van der Waals surface area contributed by atoms with Crippen LogP contribution in [0, 0.1) is 0 Å². The van der Waals surface area contributed by atoms with Crippen molar-refractivity contribution in [3.63, 3.8) is 0 Å². The van der Waals surface area contributed by atoms with Crippen LogP contribution in [0.25, 0.3) is 0 Å². The van der Waals surface area contributed by atoms with Gasteiger partial charge in [0.2, 0.25) is 0 Å². The number of aryl methyl sites for hydroxylation is 1. The van der Waals surface area contributed by atoms with Gasteiger partial charge in [-0.05, 0) is 12.1 Å². The molecule has 0 saturated carbocycles. The van der Waals surface area contributed by atoms with Crippen molar-refractivity contribution >= 4 is 17.3 Å². The molecule has 2 rings (SSSR count). The minimum absolute atomic E-state index is 0.476. The third-order valence-corrected chi connectivity index (χ3v) is 2.62. The number of halogens is 1. The van der Waals surface area contributed by atoms with Gasteiger partial charge >= 0.3 is 0 Å². The van der Waals surface area contributed by atoms with E-state index in [0.717, 1.165) is 0 Å². The highest BCUT2D eigenvalue weighted by molar-refractivity contribution is 6.30. The molecule has 0 fully saturated rings. The molecule has 3 N–H and O–H groups in total. The molecule has 0 spiro atoms. The van der Waals surface area contributed by atoms with Crippen molar-refractivity contribution in [1.29, 1.82) is 0 Å². The number of aliphatic hydroxyl groups excluding tert-OH is 1. The first-order valence-corrected chi connectivity index (χ1v) is 5.17. The molecule has 0 amide bonds. The number of benzene rings is 1. The summed E-state index contributed by atoms with van der Waals surface area (Å²) >= 11 is 5.79. The van der Waals surface area contributed by atoms with Gasteiger partial charge in [-0.3, -0.25) is 4.68 Å². The molecular weight excluding hydrogens is 226 g/mol. The standard InChI is InChI=1S/C11H12ClN3O/c1-15-6-7(5-14-15)11(16)9-3-2-8(12)4-10(9)13/h2-6,11,16H,13H2,1H3. The van der Waals surface area contributed by atoms with Crippen molar-refractivity contribution < 1.29 is 5.11 Å². The summed E-state index contributed by atoms with van der Waals surface area (Å²) in [5, 5.41) is 14.7. The topological polar surface area (TPSA) is 64.1 Å². The summed E-state index contributed by atoms with van der Waals surface area (Å²) < 4.78 is 1.63. The Morgan fingerprint density at radius 3 is 2.81 bits per heavy atom. The molecule has 0 radical (unpaired) electrons. The zero-order valence-electron chi connectivity index (χ0n) is 8.76. The lowest BCUT2D eigenvalue weighted by atomic mass is 10.0. The Morgan fingerprint density at radius 2 is 2.25 bits per heavy atom. The van der Waals surface area contributed by atoms with Gasteiger partial charge in [-0.15, -0.1) is 0 Å². The number of nitrogens with zero attached hydrogens (tertiary/aromatic N) is 2. The molecule has 2 aromatic rings. The fourth-order valence-corrected chi connectivity index (χ4v) is 1.74. The summed E-state index contributed by atoms with van der Waals surface area (Å²) in [5.74, 6) is 0. The Kier molecular flexibility index (Phi) is 2.85. The molecule has 0 saturated heterocycles. The smallest absolute Gasteiger partial charge is 0.109 e. The van der Waals surface area contributed by atoms with Gasteiger partial charge in [0.15, 0.2) is 0 Å². The molecule has 1 aromatic carbocycles. The second-order valence-corrected chi connectivity index (χ2v) is 4.06. The largest absolute Gasteiger partial charge is 0.398 e. The first-order chi connectivity index (χ1) is 7.58. The fourth-order valence-electron chi connectivity index (χ4n) is 1.56. The van der Waals surface area contributed by atoms with Crippen molar-refractivity contribution in [3.05, 3.63) is 46.7 Å². The van der Waals surface area contributed by atoms with Crippen molar-refractivity contribution in [2.24, 2.45) is 7.05 Å². The molecule has 0 aliphatic rings. The maximum absolute atomic E-state index is 10.1. The van der Waals surface area contributed by atoms with Crippen LogP contribution in [-0.2, 0) is 7.05 Å². The highest BCUT2D eigenvalue weighted by Crippen LogP contribution is 2.28. The number of hydrogen-bond acceptors (Lipinski definition) is 3. The number of nitrogen functional groups attached to an aromatic ring is 1. The van der Waals surface area contributed by atoms with Gasteiger partial charge in [0, 0.05) is 35.1 Å². The van der Waals surface area contributed by atoms with Crippen LogP contribution < -0.4 is 5.73 Å². The summed E-state index contributed by atoms with van der Waals surface area (Å²) in [6.45, 7) is 0. The van der Waals surface area contributed by atoms with Crippen molar-refractivity contribution in [3.8, 4) is 0 Å². The Morgan fingerprint density at radius 1 is 1.50 bits per heavy atom. The molecule has 0 bridgehead atoms. The van der Waals surface area contributed by atoms with Gasteiger partial charge in [-0.2, -0.15) is 5.10 Å². The lowest BCUT2D eigenvalue weighted by Gasteiger charge is -2.11. The van der Waals surface area contributed by atoms with Crippen LogP contribution in [0.4, 0.5) is 5.69 Å². The zero-order valence-corrected chi connectivity index (χ0v) is 9.52. The molecule has 1 heterocycles. The molecule has 1 unspecified atom stereocenters. The first kappa shape index (κ1) is 11.0. The van der Waals surface area contributed by atoms with Crippen LogP contribution >= 0.6 is 11.6 Å². The van der Waals surface area contributed by atoms with Crippen molar-refractivity contribution in [1.82, 2.24) is 9.78 Å². The Hall–Kier alpha value is -1.52. The van der Waals surface area contributed by atoms with E-state index in [1.165, 1.54) is 0 Å². The molecule has 84 valence electrons. The summed E-state index contributed by atoms with van der Waals surface area (Å²) in [6.07, 6.45) is 2.59. The minimum Gasteiger partial charge on any atom is -0.398 e. The molecule has 5 heteroatoms. The van der Waals surface area contributed by atoms with Crippen molar-refractivity contribution in [2.45, 2.75) is 6.10 Å². The minimum atomic E-state index is -0.772. The predicted octanol–water partition coefficient (Wildman–Crippen LogP) is 1.74. The SMILES string of the molecule is Cn1cc(C(O)c2ccc(Cl)cc2N)cn1. The molecule has 1 aromatic heterocycles. The number of hydrogen-bond donors (Lipinski definition) is 2.